The van der Waals surface area contributed by atoms with Crippen LogP contribution in [0, 0.1) is 0 Å². The van der Waals surface area contributed by atoms with Crippen LogP contribution in [0.1, 0.15) is 29.5 Å². The predicted octanol–water partition coefficient (Wildman–Crippen LogP) is 3.64. The van der Waals surface area contributed by atoms with E-state index < -0.39 is 22.7 Å². The molecular weight excluding hydrogens is 569 g/mol. The summed E-state index contributed by atoms with van der Waals surface area (Å²) >= 11 is 0. The standard InChI is InChI=1S/C23H25O7PS.3K/c24-31(25,26)23(32(27,28)29)11-5-9-19-8-4-10-22(17-19)30-21-14-12-20(13-15-21)16-18-6-2-1-3-7-18;;;/h1-4,6-8,10,12-15,17,23H,5,9,11,16H2,(H2,24,25,26)(H,27,28,29);;;. The molecule has 0 aliphatic rings. The Bertz CT molecular complexity index is 1190. The van der Waals surface area contributed by atoms with Crippen molar-refractivity contribution in [2.75, 3.05) is 0 Å². The minimum absolute atomic E-state index is 0. The van der Waals surface area contributed by atoms with Crippen molar-refractivity contribution < 1.29 is 32.1 Å². The normalized spacial score (nSPS) is 11.9. The summed E-state index contributed by atoms with van der Waals surface area (Å²) in [5.41, 5.74) is 3.21. The van der Waals surface area contributed by atoms with Crippen LogP contribution in [0.5, 0.6) is 11.5 Å². The SMILES string of the molecule is O=P(O)(O)C(CCCc1cccc(Oc2ccc(Cc3ccccc3)cc2)c1)S(=O)(=O)O.[K].[K].[K]. The molecule has 0 spiro atoms. The van der Waals surface area contributed by atoms with Crippen molar-refractivity contribution in [3.05, 3.63) is 95.6 Å². The summed E-state index contributed by atoms with van der Waals surface area (Å²) < 4.78 is 48.8. The minimum atomic E-state index is -4.96. The molecule has 0 heterocycles. The molecule has 1 unspecified atom stereocenters. The topological polar surface area (TPSA) is 121 Å². The molecule has 3 N–H and O–H groups in total. The molecule has 3 aromatic rings. The van der Waals surface area contributed by atoms with Gasteiger partial charge in [-0.15, -0.1) is 0 Å². The van der Waals surface area contributed by atoms with Gasteiger partial charge in [0.15, 0.2) is 4.99 Å². The van der Waals surface area contributed by atoms with E-state index in [0.29, 0.717) is 17.9 Å². The van der Waals surface area contributed by atoms with Gasteiger partial charge in [0.2, 0.25) is 0 Å². The van der Waals surface area contributed by atoms with Gasteiger partial charge in [-0.25, -0.2) is 0 Å². The van der Waals surface area contributed by atoms with E-state index in [1.165, 1.54) is 5.56 Å². The van der Waals surface area contributed by atoms with Crippen LogP contribution < -0.4 is 4.74 Å². The van der Waals surface area contributed by atoms with Crippen molar-refractivity contribution in [2.24, 2.45) is 0 Å². The first-order valence-electron chi connectivity index (χ1n) is 10.0. The second-order valence-electron chi connectivity index (χ2n) is 7.51. The summed E-state index contributed by atoms with van der Waals surface area (Å²) in [5, 5.41) is 0. The molecule has 0 aliphatic heterocycles. The first kappa shape index (κ1) is 37.4. The third-order valence-electron chi connectivity index (χ3n) is 4.94. The minimum Gasteiger partial charge on any atom is -0.457 e. The summed E-state index contributed by atoms with van der Waals surface area (Å²) in [7, 11) is -9.80. The zero-order chi connectivity index (χ0) is 23.2. The van der Waals surface area contributed by atoms with Crippen molar-refractivity contribution in [1.29, 1.82) is 0 Å². The average Bonchev–Trinajstić information content (AvgIpc) is 2.72. The number of ether oxygens (including phenoxy) is 1. The maximum Gasteiger partial charge on any atom is 0.346 e. The van der Waals surface area contributed by atoms with Crippen LogP contribution in [-0.4, -0.2) is 182 Å². The van der Waals surface area contributed by atoms with Crippen molar-refractivity contribution in [2.45, 2.75) is 30.7 Å². The van der Waals surface area contributed by atoms with Gasteiger partial charge in [0.25, 0.3) is 10.1 Å². The Morgan fingerprint density at radius 1 is 0.771 bits per heavy atom. The maximum absolute atomic E-state index is 11.3. The molecule has 0 saturated carbocycles. The van der Waals surface area contributed by atoms with Gasteiger partial charge in [-0.2, -0.15) is 8.42 Å². The molecule has 3 rings (SSSR count). The Hall–Kier alpha value is 2.43. The number of rotatable bonds is 10. The second kappa shape index (κ2) is 18.0. The molecule has 3 aromatic carbocycles. The predicted molar refractivity (Wildman–Crippen MR) is 140 cm³/mol. The second-order valence-corrected chi connectivity index (χ2v) is 11.3. The largest absolute Gasteiger partial charge is 0.457 e. The van der Waals surface area contributed by atoms with Crippen molar-refractivity contribution in [3.63, 3.8) is 0 Å². The third kappa shape index (κ3) is 13.6. The smallest absolute Gasteiger partial charge is 0.346 e. The molecule has 173 valence electrons. The van der Waals surface area contributed by atoms with E-state index in [1.54, 1.807) is 18.2 Å². The Kier molecular flexibility index (Phi) is 19.2. The van der Waals surface area contributed by atoms with Gasteiger partial charge in [0.05, 0.1) is 0 Å². The Morgan fingerprint density at radius 2 is 1.34 bits per heavy atom. The first-order valence-corrected chi connectivity index (χ1v) is 13.2. The molecule has 1 atom stereocenters. The molecule has 3 radical (unpaired) electrons. The zero-order valence-electron chi connectivity index (χ0n) is 20.2. The molecule has 0 bridgehead atoms. The van der Waals surface area contributed by atoms with Crippen LogP contribution in [-0.2, 0) is 27.5 Å². The monoisotopic (exact) mass is 593 g/mol. The summed E-state index contributed by atoms with van der Waals surface area (Å²) in [5.74, 6) is 1.27. The number of benzene rings is 3. The van der Waals surface area contributed by atoms with E-state index >= 15 is 0 Å². The van der Waals surface area contributed by atoms with E-state index in [0.717, 1.165) is 17.5 Å². The fraction of sp³-hybridized carbons (Fsp3) is 0.217. The Labute approximate surface area is 334 Å². The zero-order valence-corrected chi connectivity index (χ0v) is 31.3. The van der Waals surface area contributed by atoms with Gasteiger partial charge in [-0.05, 0) is 66.6 Å². The van der Waals surface area contributed by atoms with Crippen LogP contribution in [0.15, 0.2) is 78.9 Å². The van der Waals surface area contributed by atoms with Gasteiger partial charge in [-0.1, -0.05) is 54.6 Å². The van der Waals surface area contributed by atoms with Gasteiger partial charge in [0, 0.05) is 154 Å². The molecule has 7 nitrogen and oxygen atoms in total. The Balaban J connectivity index is 0.00000385. The molecule has 0 aliphatic carbocycles. The van der Waals surface area contributed by atoms with Gasteiger partial charge in [0.1, 0.15) is 11.5 Å². The number of aryl methyl sites for hydroxylation is 1. The van der Waals surface area contributed by atoms with Gasteiger partial charge in [-0.3, -0.25) is 9.12 Å². The van der Waals surface area contributed by atoms with E-state index in [9.17, 15) is 22.8 Å². The van der Waals surface area contributed by atoms with Crippen molar-refractivity contribution in [1.82, 2.24) is 0 Å². The molecule has 0 amide bonds. The van der Waals surface area contributed by atoms with Crippen LogP contribution in [0.4, 0.5) is 0 Å². The number of hydrogen-bond donors (Lipinski definition) is 3. The fourth-order valence-electron chi connectivity index (χ4n) is 3.38. The van der Waals surface area contributed by atoms with Crippen molar-refractivity contribution >= 4 is 172 Å². The van der Waals surface area contributed by atoms with Crippen LogP contribution >= 0.6 is 7.60 Å². The van der Waals surface area contributed by atoms with E-state index in [-0.39, 0.29) is 167 Å². The van der Waals surface area contributed by atoms with E-state index in [2.05, 4.69) is 12.1 Å². The van der Waals surface area contributed by atoms with E-state index in [4.69, 9.17) is 9.29 Å². The van der Waals surface area contributed by atoms with Gasteiger partial charge >= 0.3 is 7.60 Å². The maximum atomic E-state index is 11.3. The number of hydrogen-bond acceptors (Lipinski definition) is 4. The first-order chi connectivity index (χ1) is 15.1. The molecular formula is C23H25K3O7PS. The molecule has 0 saturated heterocycles. The molecule has 12 heteroatoms. The molecule has 0 aromatic heterocycles. The summed E-state index contributed by atoms with van der Waals surface area (Å²) in [6.07, 6.45) is 1.03. The third-order valence-corrected chi connectivity index (χ3v) is 8.50. The summed E-state index contributed by atoms with van der Waals surface area (Å²) in [4.78, 5) is 16.2. The summed E-state index contributed by atoms with van der Waals surface area (Å²) in [6, 6.07) is 25.1. The van der Waals surface area contributed by atoms with Gasteiger partial charge < -0.3 is 14.5 Å². The fourth-order valence-corrected chi connectivity index (χ4v) is 5.75. The Morgan fingerprint density at radius 3 is 1.91 bits per heavy atom. The average molecular weight is 594 g/mol. The van der Waals surface area contributed by atoms with Crippen molar-refractivity contribution in [3.8, 4) is 11.5 Å². The van der Waals surface area contributed by atoms with Crippen LogP contribution in [0.2, 0.25) is 0 Å². The van der Waals surface area contributed by atoms with E-state index in [1.807, 2.05) is 48.5 Å². The quantitative estimate of drug-likeness (QED) is 0.186. The van der Waals surface area contributed by atoms with Crippen LogP contribution in [0.25, 0.3) is 0 Å². The molecule has 0 fully saturated rings. The van der Waals surface area contributed by atoms with Crippen LogP contribution in [0.3, 0.4) is 0 Å². The molecule has 35 heavy (non-hydrogen) atoms. The summed E-state index contributed by atoms with van der Waals surface area (Å²) in [6.45, 7) is 0.